The molecule has 0 aliphatic carbocycles. The smallest absolute Gasteiger partial charge is 0.408 e. The maximum Gasteiger partial charge on any atom is 0.408 e. The van der Waals surface area contributed by atoms with Crippen LogP contribution in [0.3, 0.4) is 0 Å². The van der Waals surface area contributed by atoms with Gasteiger partial charge in [-0.1, -0.05) is 88.4 Å². The molecule has 2 amide bonds. The van der Waals surface area contributed by atoms with Gasteiger partial charge in [-0.2, -0.15) is 0 Å². The highest BCUT2D eigenvalue weighted by Gasteiger charge is 2.62. The van der Waals surface area contributed by atoms with Crippen LogP contribution < -0.4 is 16.4 Å². The molecule has 3 atom stereocenters. The fourth-order valence-corrected chi connectivity index (χ4v) is 8.60. The Morgan fingerprint density at radius 3 is 1.36 bits per heavy atom. The van der Waals surface area contributed by atoms with Gasteiger partial charge in [-0.05, 0) is 48.8 Å². The second-order valence-electron chi connectivity index (χ2n) is 14.6. The van der Waals surface area contributed by atoms with E-state index in [0.29, 0.717) is 0 Å². The van der Waals surface area contributed by atoms with Gasteiger partial charge in [0.05, 0.1) is 13.2 Å². The standard InChI is InChI=1S/C40H59N3O19P2/c1-28(2)34(42-38(48)57-24-30-14-7-5-8-15-30)36(46)55-22-11-18-32(44)59-26-61-64(54,40(50,20-13-21-41)63(51,52)53)62-27-60-33(45)19-12-23-56-37(47)35(29(3)4)43-39(49)58-25-31-16-9-6-10-17-31/h5-10,14-17,28-29,34-35,50H,11-13,18-27,41H2,1-4H3,(H,42,48)(H,43,49)(H2,51,52,53)/t34-,35-,40?/m0/s1. The minimum atomic E-state index is -5.77. The molecular weight excluding hydrogens is 888 g/mol. The van der Waals surface area contributed by atoms with Crippen molar-refractivity contribution < 1.29 is 90.3 Å². The van der Waals surface area contributed by atoms with Gasteiger partial charge >= 0.3 is 51.3 Å². The molecule has 0 bridgehead atoms. The van der Waals surface area contributed by atoms with E-state index in [4.69, 9.17) is 43.2 Å². The summed E-state index contributed by atoms with van der Waals surface area (Å²) in [6.07, 6.45) is -3.91. The van der Waals surface area contributed by atoms with E-state index in [0.717, 1.165) is 11.1 Å². The Morgan fingerprint density at radius 1 is 0.625 bits per heavy atom. The van der Waals surface area contributed by atoms with Crippen molar-refractivity contribution in [3.8, 4) is 0 Å². The largest absolute Gasteiger partial charge is 0.464 e. The number of amides is 2. The van der Waals surface area contributed by atoms with Gasteiger partial charge in [0.15, 0.2) is 0 Å². The molecule has 64 heavy (non-hydrogen) atoms. The van der Waals surface area contributed by atoms with E-state index in [-0.39, 0.29) is 52.2 Å². The zero-order valence-corrected chi connectivity index (χ0v) is 37.9. The molecule has 1 unspecified atom stereocenters. The number of aliphatic hydroxyl groups is 1. The van der Waals surface area contributed by atoms with Crippen LogP contribution in [0.25, 0.3) is 0 Å². The van der Waals surface area contributed by atoms with E-state index >= 15 is 0 Å². The summed E-state index contributed by atoms with van der Waals surface area (Å²) in [6.45, 7) is 3.26. The lowest BCUT2D eigenvalue weighted by Crippen LogP contribution is -2.45. The Bertz CT molecular complexity index is 1770. The van der Waals surface area contributed by atoms with Crippen molar-refractivity contribution in [1.82, 2.24) is 10.6 Å². The Morgan fingerprint density at radius 2 is 1.02 bits per heavy atom. The van der Waals surface area contributed by atoms with Gasteiger partial charge in [-0.25, -0.2) is 19.2 Å². The second kappa shape index (κ2) is 28.1. The molecule has 7 N–H and O–H groups in total. The first-order valence-corrected chi connectivity index (χ1v) is 23.3. The highest BCUT2D eigenvalue weighted by atomic mass is 31.2. The molecule has 0 aromatic heterocycles. The Balaban J connectivity index is 1.86. The van der Waals surface area contributed by atoms with Crippen LogP contribution in [-0.2, 0) is 79.0 Å². The summed E-state index contributed by atoms with van der Waals surface area (Å²) < 4.78 is 66.6. The number of ether oxygens (including phenoxy) is 6. The van der Waals surface area contributed by atoms with Gasteiger partial charge in [0, 0.05) is 19.3 Å². The zero-order valence-electron chi connectivity index (χ0n) is 36.1. The summed E-state index contributed by atoms with van der Waals surface area (Å²) in [7, 11) is -11.2. The van der Waals surface area contributed by atoms with Crippen LogP contribution in [0.1, 0.15) is 77.3 Å². The van der Waals surface area contributed by atoms with Crippen molar-refractivity contribution in [1.29, 1.82) is 0 Å². The number of hydrogen-bond acceptors (Lipinski definition) is 18. The number of carbonyl (C=O) groups is 6. The molecule has 22 nitrogen and oxygen atoms in total. The summed E-state index contributed by atoms with van der Waals surface area (Å²) in [6, 6.07) is 15.6. The first-order chi connectivity index (χ1) is 30.2. The SMILES string of the molecule is CC(C)[C@H](NC(=O)OCc1ccccc1)C(=O)OCCCC(=O)OCOP(=O)(OCOC(=O)CCCOC(=O)[C@@H](NC(=O)OCc1ccccc1)C(C)C)C(O)(CCCN)P(=O)(O)O. The molecule has 358 valence electrons. The molecule has 24 heteroatoms. The quantitative estimate of drug-likeness (QED) is 0.0217. The summed E-state index contributed by atoms with van der Waals surface area (Å²) in [4.78, 5) is 94.8. The number of nitrogens with one attached hydrogen (secondary N) is 2. The Hall–Kier alpha value is -4.92. The van der Waals surface area contributed by atoms with Crippen LogP contribution in [0, 0.1) is 11.8 Å². The van der Waals surface area contributed by atoms with E-state index in [1.54, 1.807) is 88.4 Å². The number of carbonyl (C=O) groups excluding carboxylic acids is 6. The van der Waals surface area contributed by atoms with Crippen LogP contribution in [-0.4, -0.2) is 101 Å². The lowest BCUT2D eigenvalue weighted by atomic mass is 10.1. The molecule has 0 saturated heterocycles. The molecule has 0 fully saturated rings. The number of benzene rings is 2. The third kappa shape index (κ3) is 19.4. The number of nitrogens with two attached hydrogens (primary N) is 1. The number of alkyl carbamates (subject to hydrolysis) is 2. The van der Waals surface area contributed by atoms with Crippen molar-refractivity contribution in [2.45, 2.75) is 96.6 Å². The molecule has 0 aliphatic rings. The lowest BCUT2D eigenvalue weighted by Gasteiger charge is -2.34. The molecule has 2 aromatic carbocycles. The van der Waals surface area contributed by atoms with Crippen LogP contribution in [0.15, 0.2) is 60.7 Å². The third-order valence-electron chi connectivity index (χ3n) is 8.86. The van der Waals surface area contributed by atoms with Crippen molar-refractivity contribution in [2.75, 3.05) is 33.3 Å². The van der Waals surface area contributed by atoms with Crippen LogP contribution in [0.2, 0.25) is 0 Å². The molecule has 2 rings (SSSR count). The van der Waals surface area contributed by atoms with E-state index in [2.05, 4.69) is 10.6 Å². The molecule has 0 heterocycles. The van der Waals surface area contributed by atoms with Gasteiger partial charge in [-0.15, -0.1) is 0 Å². The average Bonchev–Trinajstić information content (AvgIpc) is 3.25. The van der Waals surface area contributed by atoms with Crippen LogP contribution in [0.4, 0.5) is 9.59 Å². The molecule has 0 spiro atoms. The third-order valence-corrected chi connectivity index (χ3v) is 13.5. The summed E-state index contributed by atoms with van der Waals surface area (Å²) in [5, 5.41) is 12.4. The van der Waals surface area contributed by atoms with Gasteiger partial charge in [0.25, 0.3) is 5.08 Å². The highest BCUT2D eigenvalue weighted by molar-refractivity contribution is 7.73. The number of hydrogen-bond donors (Lipinski definition) is 6. The number of rotatable bonds is 29. The first kappa shape index (κ1) is 55.2. The summed E-state index contributed by atoms with van der Waals surface area (Å²) in [5.41, 5.74) is 6.91. The molecule has 0 aliphatic heterocycles. The van der Waals surface area contributed by atoms with E-state index < -0.39 is 113 Å². The second-order valence-corrected chi connectivity index (χ2v) is 19.1. The average molecular weight is 948 g/mol. The van der Waals surface area contributed by atoms with Gasteiger partial charge < -0.3 is 59.7 Å². The van der Waals surface area contributed by atoms with Crippen molar-refractivity contribution in [2.24, 2.45) is 17.6 Å². The van der Waals surface area contributed by atoms with Gasteiger partial charge in [0.1, 0.15) is 25.3 Å². The molecule has 0 radical (unpaired) electrons. The van der Waals surface area contributed by atoms with Crippen LogP contribution in [0.5, 0.6) is 0 Å². The van der Waals surface area contributed by atoms with E-state index in [9.17, 15) is 52.8 Å². The Kier molecular flexibility index (Phi) is 24.2. The van der Waals surface area contributed by atoms with E-state index in [1.165, 1.54) is 0 Å². The normalized spacial score (nSPS) is 13.5. The molecule has 2 aromatic rings. The maximum absolute atomic E-state index is 13.8. The minimum absolute atomic E-state index is 0.0280. The fourth-order valence-electron chi connectivity index (χ4n) is 5.23. The van der Waals surface area contributed by atoms with Crippen LogP contribution >= 0.6 is 15.2 Å². The lowest BCUT2D eigenvalue weighted by molar-refractivity contribution is -0.156. The maximum atomic E-state index is 13.8. The van der Waals surface area contributed by atoms with Gasteiger partial charge in [-0.3, -0.25) is 27.8 Å². The van der Waals surface area contributed by atoms with Crippen molar-refractivity contribution in [3.63, 3.8) is 0 Å². The topological polar surface area (TPSA) is 321 Å². The Labute approximate surface area is 370 Å². The fraction of sp³-hybridized carbons (Fsp3) is 0.550. The van der Waals surface area contributed by atoms with E-state index in [1.807, 2.05) is 0 Å². The minimum Gasteiger partial charge on any atom is -0.464 e. The summed E-state index contributed by atoms with van der Waals surface area (Å²) in [5.74, 6) is -4.43. The predicted molar refractivity (Wildman–Crippen MR) is 224 cm³/mol. The number of esters is 4. The highest BCUT2D eigenvalue weighted by Crippen LogP contribution is 2.74. The predicted octanol–water partition coefficient (Wildman–Crippen LogP) is 4.33. The zero-order chi connectivity index (χ0) is 47.8. The van der Waals surface area contributed by atoms with Crippen molar-refractivity contribution in [3.05, 3.63) is 71.8 Å². The first-order valence-electron chi connectivity index (χ1n) is 20.2. The summed E-state index contributed by atoms with van der Waals surface area (Å²) >= 11 is 0. The van der Waals surface area contributed by atoms with Gasteiger partial charge in [0.2, 0.25) is 13.6 Å². The monoisotopic (exact) mass is 947 g/mol. The molecular formula is C40H59N3O19P2. The molecule has 0 saturated carbocycles. The van der Waals surface area contributed by atoms with Crippen molar-refractivity contribution >= 4 is 51.3 Å².